The molecule has 1 aliphatic rings. The van der Waals surface area contributed by atoms with Gasteiger partial charge in [0.15, 0.2) is 0 Å². The van der Waals surface area contributed by atoms with Crippen molar-refractivity contribution < 1.29 is 9.59 Å². The van der Waals surface area contributed by atoms with Gasteiger partial charge in [0.2, 0.25) is 11.8 Å². The first kappa shape index (κ1) is 14.9. The maximum absolute atomic E-state index is 11.7. The molecular weight excluding hydrogens is 232 g/mol. The molecule has 0 atom stereocenters. The normalized spacial score (nSPS) is 17.5. The Balaban J connectivity index is 2.19. The third-order valence-corrected chi connectivity index (χ3v) is 3.34. The first-order valence-corrected chi connectivity index (χ1v) is 6.51. The van der Waals surface area contributed by atoms with E-state index < -0.39 is 0 Å². The minimum absolute atomic E-state index is 0.0634. The largest absolute Gasteiger partial charge is 0.346 e. The number of likely N-dealkylation sites (tertiary alicyclic amines) is 1. The molecule has 1 saturated heterocycles. The third-order valence-electron chi connectivity index (χ3n) is 3.34. The average Bonchev–Trinajstić information content (AvgIpc) is 2.37. The van der Waals surface area contributed by atoms with E-state index in [0.29, 0.717) is 13.1 Å². The number of rotatable bonds is 5. The van der Waals surface area contributed by atoms with Crippen LogP contribution in [0.2, 0.25) is 0 Å². The Morgan fingerprint density at radius 2 is 2.00 bits per heavy atom. The molecule has 0 unspecified atom stereocenters. The molecule has 3 N–H and O–H groups in total. The van der Waals surface area contributed by atoms with Crippen LogP contribution in [0.4, 0.5) is 0 Å². The van der Waals surface area contributed by atoms with Crippen LogP contribution < -0.4 is 11.1 Å². The van der Waals surface area contributed by atoms with E-state index in [4.69, 9.17) is 5.73 Å². The zero-order valence-corrected chi connectivity index (χ0v) is 11.3. The molecular formula is C12H24N4O2. The number of carbonyl (C=O) groups is 2. The van der Waals surface area contributed by atoms with Crippen molar-refractivity contribution in [2.24, 2.45) is 5.73 Å². The summed E-state index contributed by atoms with van der Waals surface area (Å²) < 4.78 is 0. The van der Waals surface area contributed by atoms with E-state index in [2.05, 4.69) is 10.2 Å². The van der Waals surface area contributed by atoms with Gasteiger partial charge < -0.3 is 16.0 Å². The zero-order valence-electron chi connectivity index (χ0n) is 11.3. The van der Waals surface area contributed by atoms with Crippen LogP contribution in [0.3, 0.4) is 0 Å². The van der Waals surface area contributed by atoms with Crippen LogP contribution in [-0.4, -0.2) is 67.4 Å². The maximum Gasteiger partial charge on any atom is 0.241 e. The van der Waals surface area contributed by atoms with Crippen LogP contribution in [0.25, 0.3) is 0 Å². The minimum Gasteiger partial charge on any atom is -0.346 e. The van der Waals surface area contributed by atoms with Gasteiger partial charge in [0, 0.05) is 32.7 Å². The summed E-state index contributed by atoms with van der Waals surface area (Å²) >= 11 is 0. The lowest BCUT2D eigenvalue weighted by atomic mass is 10.1. The first-order valence-electron chi connectivity index (χ1n) is 6.51. The number of piperidine rings is 1. The molecule has 104 valence electrons. The molecule has 1 rings (SSSR count). The summed E-state index contributed by atoms with van der Waals surface area (Å²) in [6.07, 6.45) is 1.87. The van der Waals surface area contributed by atoms with Gasteiger partial charge in [0.1, 0.15) is 0 Å². The predicted octanol–water partition coefficient (Wildman–Crippen LogP) is -0.996. The van der Waals surface area contributed by atoms with Crippen LogP contribution in [0, 0.1) is 0 Å². The summed E-state index contributed by atoms with van der Waals surface area (Å²) in [7, 11) is 1.72. The minimum atomic E-state index is -0.0941. The van der Waals surface area contributed by atoms with E-state index in [1.54, 1.807) is 11.9 Å². The summed E-state index contributed by atoms with van der Waals surface area (Å²) in [5.74, 6) is -0.158. The fraction of sp³-hybridized carbons (Fsp3) is 0.833. The standard InChI is InChI=1S/C12H24N4O2/c1-3-15(2)12(18)8-14-11(17)9-16-6-4-10(13)5-7-16/h10H,3-9,13H2,1-2H3,(H,14,17). The number of nitrogens with one attached hydrogen (secondary N) is 1. The molecule has 0 aromatic heterocycles. The highest BCUT2D eigenvalue weighted by Gasteiger charge is 2.18. The second-order valence-corrected chi connectivity index (χ2v) is 4.80. The van der Waals surface area contributed by atoms with E-state index in [9.17, 15) is 9.59 Å². The molecule has 0 spiro atoms. The SMILES string of the molecule is CCN(C)C(=O)CNC(=O)CN1CCC(N)CC1. The van der Waals surface area contributed by atoms with Crippen LogP contribution in [-0.2, 0) is 9.59 Å². The van der Waals surface area contributed by atoms with Gasteiger partial charge in [0.25, 0.3) is 0 Å². The van der Waals surface area contributed by atoms with Crippen molar-refractivity contribution in [3.8, 4) is 0 Å². The van der Waals surface area contributed by atoms with Crippen molar-refractivity contribution in [3.05, 3.63) is 0 Å². The summed E-state index contributed by atoms with van der Waals surface area (Å²) in [5.41, 5.74) is 5.80. The monoisotopic (exact) mass is 256 g/mol. The summed E-state index contributed by atoms with van der Waals surface area (Å²) in [4.78, 5) is 26.8. The second-order valence-electron chi connectivity index (χ2n) is 4.80. The molecule has 0 saturated carbocycles. The number of carbonyl (C=O) groups excluding carboxylic acids is 2. The molecule has 2 amide bonds. The summed E-state index contributed by atoms with van der Waals surface area (Å²) in [6, 6.07) is 0.268. The van der Waals surface area contributed by atoms with Gasteiger partial charge in [-0.25, -0.2) is 0 Å². The van der Waals surface area contributed by atoms with Gasteiger partial charge in [-0.1, -0.05) is 0 Å². The predicted molar refractivity (Wildman–Crippen MR) is 70.0 cm³/mol. The van der Waals surface area contributed by atoms with Gasteiger partial charge in [0.05, 0.1) is 13.1 Å². The van der Waals surface area contributed by atoms with E-state index in [-0.39, 0.29) is 24.4 Å². The number of nitrogens with two attached hydrogens (primary N) is 1. The van der Waals surface area contributed by atoms with E-state index in [1.165, 1.54) is 0 Å². The van der Waals surface area contributed by atoms with Gasteiger partial charge in [-0.2, -0.15) is 0 Å². The van der Waals surface area contributed by atoms with Crippen molar-refractivity contribution in [2.45, 2.75) is 25.8 Å². The molecule has 0 radical (unpaired) electrons. The van der Waals surface area contributed by atoms with Gasteiger partial charge >= 0.3 is 0 Å². The van der Waals surface area contributed by atoms with E-state index >= 15 is 0 Å². The lowest BCUT2D eigenvalue weighted by molar-refractivity contribution is -0.132. The van der Waals surface area contributed by atoms with Gasteiger partial charge in [-0.3, -0.25) is 14.5 Å². The average molecular weight is 256 g/mol. The van der Waals surface area contributed by atoms with Crippen LogP contribution in [0.15, 0.2) is 0 Å². The Bertz CT molecular complexity index is 288. The Morgan fingerprint density at radius 1 is 1.39 bits per heavy atom. The molecule has 0 aromatic rings. The van der Waals surface area contributed by atoms with Crippen LogP contribution in [0.1, 0.15) is 19.8 Å². The molecule has 1 fully saturated rings. The Labute approximate surface area is 108 Å². The smallest absolute Gasteiger partial charge is 0.241 e. The Kier molecular flexibility index (Phi) is 6.07. The Morgan fingerprint density at radius 3 is 2.56 bits per heavy atom. The molecule has 0 aromatic carbocycles. The molecule has 6 heteroatoms. The fourth-order valence-corrected chi connectivity index (χ4v) is 1.86. The highest BCUT2D eigenvalue weighted by molar-refractivity contribution is 5.85. The number of hydrogen-bond acceptors (Lipinski definition) is 4. The van der Waals surface area contributed by atoms with Gasteiger partial charge in [-0.05, 0) is 19.8 Å². The quantitative estimate of drug-likeness (QED) is 0.661. The maximum atomic E-state index is 11.7. The van der Waals surface area contributed by atoms with Crippen molar-refractivity contribution >= 4 is 11.8 Å². The molecule has 6 nitrogen and oxygen atoms in total. The van der Waals surface area contributed by atoms with Crippen molar-refractivity contribution in [1.29, 1.82) is 0 Å². The molecule has 18 heavy (non-hydrogen) atoms. The third kappa shape index (κ3) is 5.01. The highest BCUT2D eigenvalue weighted by Crippen LogP contribution is 2.07. The summed E-state index contributed by atoms with van der Waals surface area (Å²) in [5, 5.41) is 2.65. The Hall–Kier alpha value is -1.14. The van der Waals surface area contributed by atoms with Gasteiger partial charge in [-0.15, -0.1) is 0 Å². The van der Waals surface area contributed by atoms with E-state index in [1.807, 2.05) is 6.92 Å². The first-order chi connectivity index (χ1) is 8.52. The number of amides is 2. The van der Waals surface area contributed by atoms with E-state index in [0.717, 1.165) is 25.9 Å². The topological polar surface area (TPSA) is 78.7 Å². The lowest BCUT2D eigenvalue weighted by Gasteiger charge is -2.29. The number of hydrogen-bond donors (Lipinski definition) is 2. The molecule has 1 aliphatic heterocycles. The molecule has 1 heterocycles. The second kappa shape index (κ2) is 7.33. The molecule has 0 bridgehead atoms. The number of nitrogens with zero attached hydrogens (tertiary/aromatic N) is 2. The van der Waals surface area contributed by atoms with Crippen molar-refractivity contribution in [3.63, 3.8) is 0 Å². The zero-order chi connectivity index (χ0) is 13.5. The highest BCUT2D eigenvalue weighted by atomic mass is 16.2. The van der Waals surface area contributed by atoms with Crippen molar-refractivity contribution in [1.82, 2.24) is 15.1 Å². The van der Waals surface area contributed by atoms with Crippen molar-refractivity contribution in [2.75, 3.05) is 39.8 Å². The lowest BCUT2D eigenvalue weighted by Crippen LogP contribution is -2.46. The number of likely N-dealkylation sites (N-methyl/N-ethyl adjacent to an activating group) is 1. The fourth-order valence-electron chi connectivity index (χ4n) is 1.86. The summed E-state index contributed by atoms with van der Waals surface area (Å²) in [6.45, 7) is 4.70. The molecule has 0 aliphatic carbocycles. The van der Waals surface area contributed by atoms with Crippen LogP contribution >= 0.6 is 0 Å². The van der Waals surface area contributed by atoms with Crippen LogP contribution in [0.5, 0.6) is 0 Å².